The van der Waals surface area contributed by atoms with E-state index in [2.05, 4.69) is 10.6 Å². The molecule has 2 rings (SSSR count). The van der Waals surface area contributed by atoms with Crippen molar-refractivity contribution < 1.29 is 24.3 Å². The second-order valence-electron chi connectivity index (χ2n) is 8.09. The van der Waals surface area contributed by atoms with E-state index in [1.807, 2.05) is 44.2 Å². The summed E-state index contributed by atoms with van der Waals surface area (Å²) in [6.07, 6.45) is 0.571. The Bertz CT molecular complexity index is 968. The van der Waals surface area contributed by atoms with E-state index >= 15 is 0 Å². The first-order chi connectivity index (χ1) is 15.6. The van der Waals surface area contributed by atoms with Gasteiger partial charge >= 0.3 is 0 Å². The average Bonchev–Trinajstić information content (AvgIpc) is 2.78. The van der Waals surface area contributed by atoms with E-state index in [0.717, 1.165) is 10.6 Å². The van der Waals surface area contributed by atoms with Gasteiger partial charge in [0.2, 0.25) is 5.91 Å². The summed E-state index contributed by atoms with van der Waals surface area (Å²) < 4.78 is 0. The standard InChI is InChI=1S/C24H30ClN3O5/c1-15(2)12-19(26-22(30)18-14-17(25)10-11-21(18)29)23(31)27-20(24(32)28(3)33-4)13-16-8-6-5-7-9-16/h5-11,14-15,19-20,29H,12-13H2,1-4H3,(H,26,30)(H,27,31)/t19-,20-/m0/s1. The predicted molar refractivity (Wildman–Crippen MR) is 126 cm³/mol. The van der Waals surface area contributed by atoms with E-state index in [9.17, 15) is 19.5 Å². The fourth-order valence-corrected chi connectivity index (χ4v) is 3.43. The molecule has 3 amide bonds. The molecule has 178 valence electrons. The Morgan fingerprint density at radius 3 is 2.33 bits per heavy atom. The summed E-state index contributed by atoms with van der Waals surface area (Å²) in [5, 5.41) is 16.8. The highest BCUT2D eigenvalue weighted by Crippen LogP contribution is 2.22. The topological polar surface area (TPSA) is 108 Å². The number of phenolic OH excluding ortho intramolecular Hbond substituents is 1. The normalized spacial score (nSPS) is 12.7. The first-order valence-electron chi connectivity index (χ1n) is 10.6. The van der Waals surface area contributed by atoms with E-state index in [0.29, 0.717) is 6.42 Å². The summed E-state index contributed by atoms with van der Waals surface area (Å²) >= 11 is 5.94. The van der Waals surface area contributed by atoms with Crippen LogP contribution in [0.15, 0.2) is 48.5 Å². The van der Waals surface area contributed by atoms with Crippen LogP contribution in [-0.2, 0) is 20.8 Å². The lowest BCUT2D eigenvalue weighted by molar-refractivity contribution is -0.171. The molecular formula is C24H30ClN3O5. The smallest absolute Gasteiger partial charge is 0.268 e. The van der Waals surface area contributed by atoms with Crippen LogP contribution < -0.4 is 10.6 Å². The van der Waals surface area contributed by atoms with Crippen molar-refractivity contribution in [2.45, 2.75) is 38.8 Å². The zero-order valence-corrected chi connectivity index (χ0v) is 19.9. The molecule has 0 aromatic heterocycles. The van der Waals surface area contributed by atoms with Crippen molar-refractivity contribution in [1.29, 1.82) is 0 Å². The summed E-state index contributed by atoms with van der Waals surface area (Å²) in [7, 11) is 2.82. The molecule has 0 saturated carbocycles. The molecule has 0 spiro atoms. The summed E-state index contributed by atoms with van der Waals surface area (Å²) in [5.74, 6) is -1.77. The molecule has 0 fully saturated rings. The number of carbonyl (C=O) groups is 3. The Labute approximate surface area is 198 Å². The highest BCUT2D eigenvalue weighted by atomic mass is 35.5. The molecule has 33 heavy (non-hydrogen) atoms. The predicted octanol–water partition coefficient (Wildman–Crippen LogP) is 2.94. The SMILES string of the molecule is CON(C)C(=O)[C@H](Cc1ccccc1)NC(=O)[C@H](CC(C)C)NC(=O)c1cc(Cl)ccc1O. The first-order valence-corrected chi connectivity index (χ1v) is 11.0. The monoisotopic (exact) mass is 475 g/mol. The van der Waals surface area contributed by atoms with Crippen LogP contribution >= 0.6 is 11.6 Å². The number of aromatic hydroxyl groups is 1. The van der Waals surface area contributed by atoms with E-state index in [-0.39, 0.29) is 28.7 Å². The van der Waals surface area contributed by atoms with Gasteiger partial charge in [0, 0.05) is 18.5 Å². The lowest BCUT2D eigenvalue weighted by Crippen LogP contribution is -2.54. The van der Waals surface area contributed by atoms with Gasteiger partial charge in [0.1, 0.15) is 17.8 Å². The highest BCUT2D eigenvalue weighted by Gasteiger charge is 2.30. The second kappa shape index (κ2) is 12.2. The number of likely N-dealkylation sites (N-methyl/N-ethyl adjacent to an activating group) is 1. The van der Waals surface area contributed by atoms with Crippen molar-refractivity contribution in [2.24, 2.45) is 5.92 Å². The fourth-order valence-electron chi connectivity index (χ4n) is 3.26. The van der Waals surface area contributed by atoms with Crippen LogP contribution in [0.3, 0.4) is 0 Å². The van der Waals surface area contributed by atoms with Crippen LogP contribution in [0.2, 0.25) is 5.02 Å². The number of hydrogen-bond acceptors (Lipinski definition) is 5. The lowest BCUT2D eigenvalue weighted by Gasteiger charge is -2.26. The summed E-state index contributed by atoms with van der Waals surface area (Å²) in [6, 6.07) is 11.5. The number of carbonyl (C=O) groups excluding carboxylic acids is 3. The maximum atomic E-state index is 13.2. The quantitative estimate of drug-likeness (QED) is 0.458. The highest BCUT2D eigenvalue weighted by molar-refractivity contribution is 6.31. The van der Waals surface area contributed by atoms with Crippen molar-refractivity contribution in [3.05, 3.63) is 64.7 Å². The number of halogens is 1. The Hall–Kier alpha value is -3.10. The third kappa shape index (κ3) is 7.76. The van der Waals surface area contributed by atoms with Gasteiger partial charge in [-0.1, -0.05) is 55.8 Å². The Kier molecular flexibility index (Phi) is 9.69. The number of hydrogen-bond donors (Lipinski definition) is 3. The zero-order chi connectivity index (χ0) is 24.5. The second-order valence-corrected chi connectivity index (χ2v) is 8.52. The minimum Gasteiger partial charge on any atom is -0.507 e. The Morgan fingerprint density at radius 2 is 1.73 bits per heavy atom. The van der Waals surface area contributed by atoms with Gasteiger partial charge in [-0.2, -0.15) is 0 Å². The van der Waals surface area contributed by atoms with Crippen LogP contribution in [-0.4, -0.2) is 54.1 Å². The zero-order valence-electron chi connectivity index (χ0n) is 19.2. The molecule has 2 atom stereocenters. The molecule has 3 N–H and O–H groups in total. The lowest BCUT2D eigenvalue weighted by atomic mass is 10.0. The molecule has 2 aromatic rings. The number of hydroxylamine groups is 2. The van der Waals surface area contributed by atoms with Gasteiger partial charge in [0.05, 0.1) is 12.7 Å². The third-order valence-corrected chi connectivity index (χ3v) is 5.25. The molecule has 0 aliphatic rings. The van der Waals surface area contributed by atoms with Gasteiger partial charge in [-0.3, -0.25) is 19.2 Å². The number of phenols is 1. The van der Waals surface area contributed by atoms with E-state index in [4.69, 9.17) is 16.4 Å². The van der Waals surface area contributed by atoms with Crippen molar-refractivity contribution in [3.63, 3.8) is 0 Å². The van der Waals surface area contributed by atoms with Gasteiger partial charge in [-0.15, -0.1) is 0 Å². The Morgan fingerprint density at radius 1 is 1.06 bits per heavy atom. The summed E-state index contributed by atoms with van der Waals surface area (Å²) in [6.45, 7) is 3.82. The number of nitrogens with zero attached hydrogens (tertiary/aromatic N) is 1. The van der Waals surface area contributed by atoms with Crippen LogP contribution in [0.1, 0.15) is 36.2 Å². The third-order valence-electron chi connectivity index (χ3n) is 5.01. The molecule has 2 aromatic carbocycles. The number of nitrogens with one attached hydrogen (secondary N) is 2. The van der Waals surface area contributed by atoms with Crippen molar-refractivity contribution in [1.82, 2.24) is 15.7 Å². The van der Waals surface area contributed by atoms with Gasteiger partial charge in [-0.05, 0) is 36.1 Å². The van der Waals surface area contributed by atoms with Crippen molar-refractivity contribution >= 4 is 29.3 Å². The van der Waals surface area contributed by atoms with Gasteiger partial charge in [0.25, 0.3) is 11.8 Å². The molecule has 0 radical (unpaired) electrons. The van der Waals surface area contributed by atoms with E-state index in [1.165, 1.54) is 32.4 Å². The number of rotatable bonds is 10. The molecule has 0 heterocycles. The maximum Gasteiger partial charge on any atom is 0.268 e. The molecule has 0 saturated heterocycles. The van der Waals surface area contributed by atoms with E-state index in [1.54, 1.807) is 0 Å². The summed E-state index contributed by atoms with van der Waals surface area (Å²) in [5.41, 5.74) is 0.814. The van der Waals surface area contributed by atoms with Crippen molar-refractivity contribution in [2.75, 3.05) is 14.2 Å². The van der Waals surface area contributed by atoms with Crippen molar-refractivity contribution in [3.8, 4) is 5.75 Å². The molecule has 0 bridgehead atoms. The number of benzene rings is 2. The summed E-state index contributed by atoms with van der Waals surface area (Å²) in [4.78, 5) is 43.8. The molecule has 0 aliphatic heterocycles. The van der Waals surface area contributed by atoms with E-state index < -0.39 is 29.8 Å². The minimum absolute atomic E-state index is 0.0416. The van der Waals surface area contributed by atoms with Crippen LogP contribution in [0.4, 0.5) is 0 Å². The first kappa shape index (κ1) is 26.2. The average molecular weight is 476 g/mol. The van der Waals surface area contributed by atoms with Crippen LogP contribution in [0, 0.1) is 5.92 Å². The fraction of sp³-hybridized carbons (Fsp3) is 0.375. The van der Waals surface area contributed by atoms with Gasteiger partial charge in [0.15, 0.2) is 0 Å². The number of amides is 3. The van der Waals surface area contributed by atoms with Gasteiger partial charge < -0.3 is 15.7 Å². The molecule has 0 aliphatic carbocycles. The van der Waals surface area contributed by atoms with Crippen LogP contribution in [0.5, 0.6) is 5.75 Å². The molecular weight excluding hydrogens is 446 g/mol. The molecule has 0 unspecified atom stereocenters. The minimum atomic E-state index is -0.935. The van der Waals surface area contributed by atoms with Crippen LogP contribution in [0.25, 0.3) is 0 Å². The molecule has 9 heteroatoms. The molecule has 8 nitrogen and oxygen atoms in total. The Balaban J connectivity index is 2.24. The van der Waals surface area contributed by atoms with Gasteiger partial charge in [-0.25, -0.2) is 5.06 Å². The maximum absolute atomic E-state index is 13.2. The largest absolute Gasteiger partial charge is 0.507 e.